The molecule has 1 aromatic carbocycles. The maximum absolute atomic E-state index is 15.4. The lowest BCUT2D eigenvalue weighted by Gasteiger charge is -2.15. The molecule has 0 aliphatic heterocycles. The van der Waals surface area contributed by atoms with Crippen molar-refractivity contribution in [3.05, 3.63) is 66.4 Å². The number of carbonyl (C=O) groups is 1. The third-order valence-electron chi connectivity index (χ3n) is 4.12. The van der Waals surface area contributed by atoms with Crippen LogP contribution < -0.4 is 11.4 Å². The van der Waals surface area contributed by atoms with E-state index in [0.29, 0.717) is 4.57 Å². The normalized spacial score (nSPS) is 11.4. The summed E-state index contributed by atoms with van der Waals surface area (Å²) in [7, 11) is 2.61. The average Bonchev–Trinajstić information content (AvgIpc) is 2.69. The number of carboxylic acid groups (broad SMARTS) is 1. The standard InChI is InChI=1S/C18H18ClFN4O5S/c1-5-6-29-21-9(2)7-10-13(19)11(15(25)26)8-12(14(10)20)24-16(27)22(3)18(30)23(4)17(24)28/h5,8H,1,6-7H2,2-4H3,(H,25,26). The second kappa shape index (κ2) is 9.18. The van der Waals surface area contributed by atoms with Crippen molar-refractivity contribution in [2.45, 2.75) is 13.3 Å². The van der Waals surface area contributed by atoms with Gasteiger partial charge in [0.05, 0.1) is 22.0 Å². The van der Waals surface area contributed by atoms with E-state index in [1.54, 1.807) is 0 Å². The first-order valence-corrected chi connectivity index (χ1v) is 9.21. The van der Waals surface area contributed by atoms with Gasteiger partial charge in [0, 0.05) is 26.1 Å². The molecule has 0 fully saturated rings. The molecule has 2 aromatic rings. The molecule has 30 heavy (non-hydrogen) atoms. The minimum atomic E-state index is -1.46. The number of halogens is 2. The number of nitrogens with zero attached hydrogens (tertiary/aromatic N) is 4. The molecule has 0 saturated carbocycles. The van der Waals surface area contributed by atoms with Gasteiger partial charge in [-0.2, -0.15) is 0 Å². The summed E-state index contributed by atoms with van der Waals surface area (Å²) in [5.74, 6) is -2.51. The van der Waals surface area contributed by atoms with Crippen LogP contribution in [0.1, 0.15) is 22.8 Å². The Bertz CT molecular complexity index is 1200. The summed E-state index contributed by atoms with van der Waals surface area (Å²) >= 11 is 11.1. The quantitative estimate of drug-likeness (QED) is 0.225. The van der Waals surface area contributed by atoms with E-state index < -0.39 is 34.4 Å². The van der Waals surface area contributed by atoms with Gasteiger partial charge in [0.25, 0.3) is 0 Å². The van der Waals surface area contributed by atoms with Gasteiger partial charge in [-0.1, -0.05) is 29.4 Å². The van der Waals surface area contributed by atoms with Gasteiger partial charge in [0.1, 0.15) is 6.61 Å². The van der Waals surface area contributed by atoms with E-state index in [0.717, 1.165) is 15.2 Å². The molecule has 0 atom stereocenters. The molecule has 0 amide bonds. The Labute approximate surface area is 179 Å². The lowest BCUT2D eigenvalue weighted by atomic mass is 10.0. The molecule has 2 rings (SSSR count). The minimum Gasteiger partial charge on any atom is -0.478 e. The minimum absolute atomic E-state index is 0.0864. The smallest absolute Gasteiger partial charge is 0.338 e. The molecule has 0 unspecified atom stereocenters. The highest BCUT2D eigenvalue weighted by Gasteiger charge is 2.25. The number of benzene rings is 1. The Morgan fingerprint density at radius 1 is 1.37 bits per heavy atom. The molecule has 0 saturated heterocycles. The number of hydrogen-bond acceptors (Lipinski definition) is 6. The average molecular weight is 457 g/mol. The van der Waals surface area contributed by atoms with E-state index in [2.05, 4.69) is 11.7 Å². The molecule has 1 N–H and O–H groups in total. The number of aromatic nitrogens is 3. The summed E-state index contributed by atoms with van der Waals surface area (Å²) in [5, 5.41) is 12.9. The fourth-order valence-electron chi connectivity index (χ4n) is 2.62. The summed E-state index contributed by atoms with van der Waals surface area (Å²) in [6.45, 7) is 5.10. The van der Waals surface area contributed by atoms with E-state index in [-0.39, 0.29) is 34.1 Å². The highest BCUT2D eigenvalue weighted by molar-refractivity contribution is 7.71. The second-order valence-corrected chi connectivity index (χ2v) is 6.99. The first kappa shape index (κ1) is 23.2. The van der Waals surface area contributed by atoms with Crippen LogP contribution in [0.3, 0.4) is 0 Å². The Hall–Kier alpha value is -3.05. The zero-order chi connectivity index (χ0) is 22.7. The Morgan fingerprint density at radius 3 is 2.43 bits per heavy atom. The summed E-state index contributed by atoms with van der Waals surface area (Å²) in [6.07, 6.45) is 1.23. The summed E-state index contributed by atoms with van der Waals surface area (Å²) in [6, 6.07) is 0.829. The molecule has 0 spiro atoms. The zero-order valence-corrected chi connectivity index (χ0v) is 17.9. The zero-order valence-electron chi connectivity index (χ0n) is 16.3. The van der Waals surface area contributed by atoms with Crippen molar-refractivity contribution in [1.82, 2.24) is 13.7 Å². The van der Waals surface area contributed by atoms with Crippen molar-refractivity contribution in [2.75, 3.05) is 6.61 Å². The van der Waals surface area contributed by atoms with E-state index in [4.69, 9.17) is 28.7 Å². The third-order valence-corrected chi connectivity index (χ3v) is 5.10. The van der Waals surface area contributed by atoms with Crippen molar-refractivity contribution in [1.29, 1.82) is 0 Å². The maximum Gasteiger partial charge on any atom is 0.338 e. The van der Waals surface area contributed by atoms with Gasteiger partial charge in [0.2, 0.25) is 0 Å². The Morgan fingerprint density at radius 2 is 1.93 bits per heavy atom. The summed E-state index contributed by atoms with van der Waals surface area (Å²) in [4.78, 5) is 41.9. The van der Waals surface area contributed by atoms with Crippen LogP contribution in [-0.4, -0.2) is 37.1 Å². The number of oxime groups is 1. The highest BCUT2D eigenvalue weighted by atomic mass is 35.5. The van der Waals surface area contributed by atoms with Gasteiger partial charge >= 0.3 is 17.3 Å². The van der Waals surface area contributed by atoms with Crippen molar-refractivity contribution in [3.8, 4) is 5.69 Å². The monoisotopic (exact) mass is 456 g/mol. The van der Waals surface area contributed by atoms with E-state index in [1.807, 2.05) is 0 Å². The molecule has 12 heteroatoms. The van der Waals surface area contributed by atoms with Crippen LogP contribution in [0.4, 0.5) is 4.39 Å². The predicted octanol–water partition coefficient (Wildman–Crippen LogP) is 2.22. The number of rotatable bonds is 7. The first-order chi connectivity index (χ1) is 14.0. The van der Waals surface area contributed by atoms with Gasteiger partial charge < -0.3 is 9.94 Å². The van der Waals surface area contributed by atoms with Crippen molar-refractivity contribution >= 4 is 35.5 Å². The van der Waals surface area contributed by atoms with Crippen LogP contribution in [0.15, 0.2) is 33.5 Å². The van der Waals surface area contributed by atoms with E-state index in [1.165, 1.54) is 27.1 Å². The van der Waals surface area contributed by atoms with Crippen LogP contribution in [0.25, 0.3) is 5.69 Å². The highest BCUT2D eigenvalue weighted by Crippen LogP contribution is 2.29. The second-order valence-electron chi connectivity index (χ2n) is 6.24. The molecule has 0 radical (unpaired) electrons. The lowest BCUT2D eigenvalue weighted by Crippen LogP contribution is -2.44. The molecule has 160 valence electrons. The largest absolute Gasteiger partial charge is 0.478 e. The van der Waals surface area contributed by atoms with Crippen LogP contribution in [0.5, 0.6) is 0 Å². The maximum atomic E-state index is 15.4. The first-order valence-electron chi connectivity index (χ1n) is 8.42. The lowest BCUT2D eigenvalue weighted by molar-refractivity contribution is 0.0697. The van der Waals surface area contributed by atoms with Crippen molar-refractivity contribution in [3.63, 3.8) is 0 Å². The van der Waals surface area contributed by atoms with Crippen molar-refractivity contribution < 1.29 is 19.1 Å². The molecular weight excluding hydrogens is 439 g/mol. The van der Waals surface area contributed by atoms with Gasteiger partial charge in [-0.25, -0.2) is 23.3 Å². The number of hydrogen-bond donors (Lipinski definition) is 1. The van der Waals surface area contributed by atoms with Crippen LogP contribution in [0.2, 0.25) is 5.02 Å². The van der Waals surface area contributed by atoms with Crippen molar-refractivity contribution in [2.24, 2.45) is 19.3 Å². The van der Waals surface area contributed by atoms with Gasteiger partial charge in [-0.05, 0) is 25.2 Å². The number of aromatic carboxylic acids is 1. The van der Waals surface area contributed by atoms with Crippen LogP contribution in [-0.2, 0) is 25.4 Å². The Kier molecular flexibility index (Phi) is 7.11. The summed E-state index contributed by atoms with van der Waals surface area (Å²) < 4.78 is 17.7. The van der Waals surface area contributed by atoms with Gasteiger partial charge in [-0.3, -0.25) is 9.13 Å². The topological polar surface area (TPSA) is 108 Å². The van der Waals surface area contributed by atoms with Crippen LogP contribution in [0, 0.1) is 10.6 Å². The molecule has 0 bridgehead atoms. The fourth-order valence-corrected chi connectivity index (χ4v) is 3.06. The SMILES string of the molecule is C=CCON=C(C)Cc1c(F)c(-n2c(=O)n(C)c(=S)n(C)c2=O)cc(C(=O)O)c1Cl. The Balaban J connectivity index is 2.86. The molecular formula is C18H18ClFN4O5S. The molecule has 1 aromatic heterocycles. The number of carboxylic acids is 1. The van der Waals surface area contributed by atoms with E-state index >= 15 is 4.39 Å². The molecule has 0 aliphatic rings. The van der Waals surface area contributed by atoms with Gasteiger partial charge in [0.15, 0.2) is 10.6 Å². The molecule has 0 aliphatic carbocycles. The fraction of sp³-hybridized carbons (Fsp3) is 0.278. The van der Waals surface area contributed by atoms with Gasteiger partial charge in [-0.15, -0.1) is 0 Å². The molecule has 1 heterocycles. The third kappa shape index (κ3) is 4.26. The van der Waals surface area contributed by atoms with E-state index in [9.17, 15) is 19.5 Å². The molecule has 9 nitrogen and oxygen atoms in total. The predicted molar refractivity (Wildman–Crippen MR) is 112 cm³/mol. The summed E-state index contributed by atoms with van der Waals surface area (Å²) in [5.41, 5.74) is -2.91. The van der Waals surface area contributed by atoms with Crippen LogP contribution >= 0.6 is 23.8 Å².